The second kappa shape index (κ2) is 9.06. The predicted octanol–water partition coefficient (Wildman–Crippen LogP) is 2.91. The fourth-order valence-corrected chi connectivity index (χ4v) is 3.92. The Morgan fingerprint density at radius 2 is 1.82 bits per heavy atom. The first-order valence-corrected chi connectivity index (χ1v) is 10.2. The third kappa shape index (κ3) is 5.01. The molecule has 0 bridgehead atoms. The normalized spacial score (nSPS) is 20.9. The number of nitrogens with one attached hydrogen (secondary N) is 1. The number of carbonyl (C=O) groups is 1. The van der Waals surface area contributed by atoms with Gasteiger partial charge in [-0.25, -0.2) is 4.79 Å². The summed E-state index contributed by atoms with van der Waals surface area (Å²) in [5.41, 5.74) is 1.10. The molecule has 2 aliphatic heterocycles. The van der Waals surface area contributed by atoms with Crippen molar-refractivity contribution in [2.75, 3.05) is 26.2 Å². The lowest BCUT2D eigenvalue weighted by Crippen LogP contribution is -2.48. The number of nitrogens with zero attached hydrogens (tertiary/aromatic N) is 3. The molecule has 1 atom stereocenters. The summed E-state index contributed by atoms with van der Waals surface area (Å²) in [4.78, 5) is 21.3. The molecule has 0 radical (unpaired) electrons. The molecule has 1 N–H and O–H groups in total. The monoisotopic (exact) mass is 380 g/mol. The quantitative estimate of drug-likeness (QED) is 0.867. The Labute approximate surface area is 166 Å². The molecule has 6 heteroatoms. The van der Waals surface area contributed by atoms with Crippen molar-refractivity contribution in [2.45, 2.75) is 38.0 Å². The van der Waals surface area contributed by atoms with Gasteiger partial charge >= 0.3 is 6.03 Å². The molecule has 3 heterocycles. The van der Waals surface area contributed by atoms with E-state index in [1.807, 2.05) is 53.6 Å². The second-order valence-electron chi connectivity index (χ2n) is 7.61. The van der Waals surface area contributed by atoms with Crippen molar-refractivity contribution < 1.29 is 9.53 Å². The van der Waals surface area contributed by atoms with Crippen LogP contribution in [0.5, 0.6) is 5.75 Å². The average molecular weight is 380 g/mol. The number of benzene rings is 1. The summed E-state index contributed by atoms with van der Waals surface area (Å²) in [6.45, 7) is 4.26. The van der Waals surface area contributed by atoms with Crippen molar-refractivity contribution in [1.82, 2.24) is 20.1 Å². The zero-order valence-corrected chi connectivity index (χ0v) is 16.2. The van der Waals surface area contributed by atoms with Gasteiger partial charge in [-0.05, 0) is 37.1 Å². The number of rotatable bonds is 5. The molecular formula is C22H28N4O2. The molecule has 2 fully saturated rings. The first-order chi connectivity index (χ1) is 13.8. The number of likely N-dealkylation sites (tertiary alicyclic amines) is 2. The predicted molar refractivity (Wildman–Crippen MR) is 108 cm³/mol. The summed E-state index contributed by atoms with van der Waals surface area (Å²) in [6, 6.07) is 16.2. The molecule has 0 unspecified atom stereocenters. The van der Waals surface area contributed by atoms with Gasteiger partial charge in [0.2, 0.25) is 0 Å². The molecule has 6 nitrogen and oxygen atoms in total. The largest absolute Gasteiger partial charge is 0.489 e. The van der Waals surface area contributed by atoms with Crippen LogP contribution in [0.3, 0.4) is 0 Å². The molecule has 28 heavy (non-hydrogen) atoms. The van der Waals surface area contributed by atoms with E-state index in [9.17, 15) is 4.79 Å². The van der Waals surface area contributed by atoms with Gasteiger partial charge in [0.1, 0.15) is 11.9 Å². The van der Waals surface area contributed by atoms with Gasteiger partial charge in [0, 0.05) is 44.8 Å². The highest BCUT2D eigenvalue weighted by Crippen LogP contribution is 2.19. The topological polar surface area (TPSA) is 57.7 Å². The third-order valence-electron chi connectivity index (χ3n) is 5.51. The Balaban J connectivity index is 1.19. The molecule has 1 aromatic carbocycles. The van der Waals surface area contributed by atoms with E-state index >= 15 is 0 Å². The third-order valence-corrected chi connectivity index (χ3v) is 5.51. The standard InChI is InChI=1S/C22H28N4O2/c27-22(26-15-11-21(17-26)28-20-7-2-1-3-8-20)24-18-9-13-25(14-10-18)16-19-6-4-5-12-23-19/h1-8,12,18,21H,9-11,13-17H2,(H,24,27)/t21-/m0/s1. The summed E-state index contributed by atoms with van der Waals surface area (Å²) in [7, 11) is 0. The van der Waals surface area contributed by atoms with Crippen LogP contribution >= 0.6 is 0 Å². The van der Waals surface area contributed by atoms with Crippen LogP contribution in [-0.4, -0.2) is 59.1 Å². The average Bonchev–Trinajstić information content (AvgIpc) is 3.20. The SMILES string of the molecule is O=C(NC1CCN(Cc2ccccn2)CC1)N1CC[C@H](Oc2ccccc2)C1. The summed E-state index contributed by atoms with van der Waals surface area (Å²) >= 11 is 0. The zero-order chi connectivity index (χ0) is 19.2. The smallest absolute Gasteiger partial charge is 0.317 e. The van der Waals surface area contributed by atoms with E-state index < -0.39 is 0 Å². The van der Waals surface area contributed by atoms with Gasteiger partial charge in [-0.1, -0.05) is 24.3 Å². The van der Waals surface area contributed by atoms with Crippen LogP contribution < -0.4 is 10.1 Å². The van der Waals surface area contributed by atoms with Gasteiger partial charge in [-0.3, -0.25) is 9.88 Å². The van der Waals surface area contributed by atoms with E-state index in [-0.39, 0.29) is 18.2 Å². The number of ether oxygens (including phenoxy) is 1. The number of aromatic nitrogens is 1. The van der Waals surface area contributed by atoms with E-state index in [1.165, 1.54) is 0 Å². The van der Waals surface area contributed by atoms with Crippen LogP contribution in [-0.2, 0) is 6.54 Å². The van der Waals surface area contributed by atoms with Gasteiger partial charge in [0.05, 0.1) is 12.2 Å². The van der Waals surface area contributed by atoms with E-state index in [4.69, 9.17) is 4.74 Å². The first-order valence-electron chi connectivity index (χ1n) is 10.2. The molecule has 1 aromatic heterocycles. The number of para-hydroxylation sites is 1. The minimum absolute atomic E-state index is 0.0438. The van der Waals surface area contributed by atoms with E-state index in [0.717, 1.165) is 56.9 Å². The Kier molecular flexibility index (Phi) is 6.07. The van der Waals surface area contributed by atoms with Crippen molar-refractivity contribution in [3.63, 3.8) is 0 Å². The lowest BCUT2D eigenvalue weighted by molar-refractivity contribution is 0.166. The molecule has 4 rings (SSSR count). The number of hydrogen-bond donors (Lipinski definition) is 1. The van der Waals surface area contributed by atoms with Gasteiger partial charge < -0.3 is 15.0 Å². The van der Waals surface area contributed by atoms with Crippen LogP contribution in [0, 0.1) is 0 Å². The van der Waals surface area contributed by atoms with Crippen molar-refractivity contribution in [1.29, 1.82) is 0 Å². The Bertz CT molecular complexity index is 748. The molecular weight excluding hydrogens is 352 g/mol. The number of piperidine rings is 1. The molecule has 2 saturated heterocycles. The van der Waals surface area contributed by atoms with Crippen molar-refractivity contribution in [3.05, 3.63) is 60.4 Å². The number of hydrogen-bond acceptors (Lipinski definition) is 4. The molecule has 0 saturated carbocycles. The maximum atomic E-state index is 12.6. The number of carbonyl (C=O) groups excluding carboxylic acids is 1. The highest BCUT2D eigenvalue weighted by atomic mass is 16.5. The van der Waals surface area contributed by atoms with Gasteiger partial charge in [0.25, 0.3) is 0 Å². The molecule has 148 valence electrons. The van der Waals surface area contributed by atoms with Crippen molar-refractivity contribution >= 4 is 6.03 Å². The fourth-order valence-electron chi connectivity index (χ4n) is 3.92. The van der Waals surface area contributed by atoms with E-state index in [0.29, 0.717) is 6.54 Å². The molecule has 2 aromatic rings. The highest BCUT2D eigenvalue weighted by Gasteiger charge is 2.29. The summed E-state index contributed by atoms with van der Waals surface area (Å²) < 4.78 is 5.98. The fraction of sp³-hybridized carbons (Fsp3) is 0.455. The molecule has 0 spiro atoms. The van der Waals surface area contributed by atoms with Crippen LogP contribution in [0.1, 0.15) is 25.0 Å². The van der Waals surface area contributed by atoms with Gasteiger partial charge in [-0.15, -0.1) is 0 Å². The highest BCUT2D eigenvalue weighted by molar-refractivity contribution is 5.74. The minimum Gasteiger partial charge on any atom is -0.489 e. The number of amides is 2. The summed E-state index contributed by atoms with van der Waals surface area (Å²) in [5, 5.41) is 3.22. The van der Waals surface area contributed by atoms with Crippen LogP contribution in [0.15, 0.2) is 54.7 Å². The lowest BCUT2D eigenvalue weighted by atomic mass is 10.1. The lowest BCUT2D eigenvalue weighted by Gasteiger charge is -2.33. The first kappa shape index (κ1) is 18.7. The molecule has 2 aliphatic rings. The van der Waals surface area contributed by atoms with Gasteiger partial charge in [0.15, 0.2) is 0 Å². The maximum Gasteiger partial charge on any atom is 0.317 e. The van der Waals surface area contributed by atoms with Gasteiger partial charge in [-0.2, -0.15) is 0 Å². The second-order valence-corrected chi connectivity index (χ2v) is 7.61. The van der Waals surface area contributed by atoms with Crippen LogP contribution in [0.2, 0.25) is 0 Å². The Hall–Kier alpha value is -2.60. The van der Waals surface area contributed by atoms with E-state index in [2.05, 4.69) is 21.3 Å². The number of pyridine rings is 1. The zero-order valence-electron chi connectivity index (χ0n) is 16.2. The van der Waals surface area contributed by atoms with Crippen molar-refractivity contribution in [2.24, 2.45) is 0 Å². The minimum atomic E-state index is 0.0438. The molecule has 2 amide bonds. The van der Waals surface area contributed by atoms with Crippen LogP contribution in [0.4, 0.5) is 4.79 Å². The van der Waals surface area contributed by atoms with Crippen LogP contribution in [0.25, 0.3) is 0 Å². The van der Waals surface area contributed by atoms with Crippen molar-refractivity contribution in [3.8, 4) is 5.75 Å². The summed E-state index contributed by atoms with van der Waals surface area (Å²) in [5.74, 6) is 0.870. The Morgan fingerprint density at radius 1 is 1.04 bits per heavy atom. The van der Waals surface area contributed by atoms with E-state index in [1.54, 1.807) is 0 Å². The molecule has 0 aliphatic carbocycles. The number of urea groups is 1. The Morgan fingerprint density at radius 3 is 2.57 bits per heavy atom. The summed E-state index contributed by atoms with van der Waals surface area (Å²) in [6.07, 6.45) is 4.76. The maximum absolute atomic E-state index is 12.6.